The largest absolute Gasteiger partial charge is 0.422 e. The van der Waals surface area contributed by atoms with Crippen molar-refractivity contribution in [1.82, 2.24) is 19.9 Å². The Morgan fingerprint density at radius 2 is 2.00 bits per heavy atom. The first kappa shape index (κ1) is 22.0. The van der Waals surface area contributed by atoms with Crippen LogP contribution in [-0.2, 0) is 22.7 Å². The minimum Gasteiger partial charge on any atom is -0.422 e. The van der Waals surface area contributed by atoms with Crippen molar-refractivity contribution in [3.05, 3.63) is 80.1 Å². The number of allylic oxidation sites excluding steroid dienone is 4. The van der Waals surface area contributed by atoms with Gasteiger partial charge in [-0.25, -0.2) is 9.48 Å². The Morgan fingerprint density at radius 3 is 2.79 bits per heavy atom. The zero-order valence-electron chi connectivity index (χ0n) is 18.4. The van der Waals surface area contributed by atoms with E-state index in [1.165, 1.54) is 27.9 Å². The standard InChI is InChI=1S/C24H19ClN4O5/c1-12-5-13(2)21-18(6-12)22(31)23(32)29(21)10-16-9-28(27-26-16)11-19(30)17-7-14-3-4-15(25)8-20(14)34-24(17)33/h3-5,7-9,18H,6,10-11H2,1-2H3. The first-order valence-corrected chi connectivity index (χ1v) is 11.0. The Balaban J connectivity index is 1.36. The molecule has 3 heterocycles. The lowest BCUT2D eigenvalue weighted by Crippen LogP contribution is -2.26. The third-order valence-corrected chi connectivity index (χ3v) is 6.23. The molecule has 0 bridgehead atoms. The van der Waals surface area contributed by atoms with Gasteiger partial charge in [0.2, 0.25) is 5.78 Å². The Labute approximate surface area is 198 Å². The van der Waals surface area contributed by atoms with Gasteiger partial charge in [-0.2, -0.15) is 0 Å². The lowest BCUT2D eigenvalue weighted by atomic mass is 9.88. The third-order valence-electron chi connectivity index (χ3n) is 6.00. The van der Waals surface area contributed by atoms with E-state index in [2.05, 4.69) is 10.3 Å². The molecule has 1 fully saturated rings. The maximum Gasteiger partial charge on any atom is 0.347 e. The highest BCUT2D eigenvalue weighted by Crippen LogP contribution is 2.38. The first-order valence-electron chi connectivity index (χ1n) is 10.6. The van der Waals surface area contributed by atoms with E-state index in [9.17, 15) is 19.2 Å². The van der Waals surface area contributed by atoms with Crippen molar-refractivity contribution in [2.45, 2.75) is 33.4 Å². The van der Waals surface area contributed by atoms with Crippen LogP contribution in [0.5, 0.6) is 0 Å². The zero-order valence-corrected chi connectivity index (χ0v) is 19.1. The number of Topliss-reactive ketones (excluding diaryl/α,β-unsaturated/α-hetero) is 2. The van der Waals surface area contributed by atoms with Crippen LogP contribution < -0.4 is 5.63 Å². The Kier molecular flexibility index (Phi) is 5.28. The summed E-state index contributed by atoms with van der Waals surface area (Å²) in [7, 11) is 0. The quantitative estimate of drug-likeness (QED) is 0.314. The van der Waals surface area contributed by atoms with Crippen LogP contribution in [0, 0.1) is 5.92 Å². The zero-order chi connectivity index (χ0) is 24.1. The molecule has 1 aliphatic heterocycles. The summed E-state index contributed by atoms with van der Waals surface area (Å²) in [5, 5.41) is 8.98. The highest BCUT2D eigenvalue weighted by Gasteiger charge is 2.45. The second-order valence-electron chi connectivity index (χ2n) is 8.53. The van der Waals surface area contributed by atoms with Crippen LogP contribution in [-0.4, -0.2) is 37.4 Å². The smallest absolute Gasteiger partial charge is 0.347 e. The molecule has 1 aromatic carbocycles. The van der Waals surface area contributed by atoms with E-state index >= 15 is 0 Å². The molecule has 1 aliphatic carbocycles. The fraction of sp³-hybridized carbons (Fsp3) is 0.250. The van der Waals surface area contributed by atoms with Crippen LogP contribution in [0.4, 0.5) is 0 Å². The number of carbonyl (C=O) groups is 3. The minimum atomic E-state index is -0.768. The number of benzene rings is 1. The third kappa shape index (κ3) is 3.77. The molecule has 0 radical (unpaired) electrons. The van der Waals surface area contributed by atoms with Gasteiger partial charge in [-0.1, -0.05) is 28.5 Å². The molecule has 10 heteroatoms. The molecule has 0 N–H and O–H groups in total. The van der Waals surface area contributed by atoms with Crippen molar-refractivity contribution in [2.24, 2.45) is 5.92 Å². The first-order chi connectivity index (χ1) is 16.2. The maximum atomic E-state index is 12.8. The van der Waals surface area contributed by atoms with Gasteiger partial charge in [0, 0.05) is 22.2 Å². The number of fused-ring (bicyclic) bond motifs is 2. The number of carbonyl (C=O) groups excluding carboxylic acids is 3. The predicted molar refractivity (Wildman–Crippen MR) is 122 cm³/mol. The summed E-state index contributed by atoms with van der Waals surface area (Å²) in [6.45, 7) is 3.64. The number of rotatable bonds is 5. The average Bonchev–Trinajstić information content (AvgIpc) is 3.31. The lowest BCUT2D eigenvalue weighted by molar-refractivity contribution is -0.140. The Hall–Kier alpha value is -3.85. The number of hydrogen-bond acceptors (Lipinski definition) is 7. The van der Waals surface area contributed by atoms with Gasteiger partial charge in [-0.05, 0) is 44.0 Å². The molecule has 1 atom stereocenters. The van der Waals surface area contributed by atoms with Gasteiger partial charge < -0.3 is 9.32 Å². The molecule has 2 aliphatic rings. The molecule has 172 valence electrons. The van der Waals surface area contributed by atoms with Gasteiger partial charge in [-0.15, -0.1) is 5.10 Å². The van der Waals surface area contributed by atoms with E-state index in [1.807, 2.05) is 19.9 Å². The van der Waals surface area contributed by atoms with E-state index in [1.54, 1.807) is 12.1 Å². The number of nitrogens with zero attached hydrogens (tertiary/aromatic N) is 4. The van der Waals surface area contributed by atoms with Crippen LogP contribution in [0.1, 0.15) is 36.3 Å². The number of ketones is 2. The summed E-state index contributed by atoms with van der Waals surface area (Å²) in [5.74, 6) is -1.95. The van der Waals surface area contributed by atoms with Gasteiger partial charge in [0.25, 0.3) is 5.91 Å². The molecule has 1 unspecified atom stereocenters. The molecule has 0 spiro atoms. The van der Waals surface area contributed by atoms with Gasteiger partial charge in [0.1, 0.15) is 23.4 Å². The molecule has 34 heavy (non-hydrogen) atoms. The number of amides is 1. The molecule has 0 saturated carbocycles. The Bertz CT molecular complexity index is 1510. The van der Waals surface area contributed by atoms with Crippen molar-refractivity contribution < 1.29 is 18.8 Å². The van der Waals surface area contributed by atoms with Crippen LogP contribution in [0.2, 0.25) is 5.02 Å². The second kappa shape index (κ2) is 8.18. The van der Waals surface area contributed by atoms with E-state index in [0.717, 1.165) is 11.1 Å². The van der Waals surface area contributed by atoms with E-state index in [-0.39, 0.29) is 24.2 Å². The SMILES string of the molecule is CC1=CC(C)=C2C(C1)C(=O)C(=O)N2Cc1cn(CC(=O)c2cc3ccc(Cl)cc3oc2=O)nn1. The number of aromatic nitrogens is 3. The van der Waals surface area contributed by atoms with Gasteiger partial charge >= 0.3 is 5.63 Å². The fourth-order valence-corrected chi connectivity index (χ4v) is 4.69. The van der Waals surface area contributed by atoms with Crippen molar-refractivity contribution in [3.63, 3.8) is 0 Å². The summed E-state index contributed by atoms with van der Waals surface area (Å²) < 4.78 is 6.51. The fourth-order valence-electron chi connectivity index (χ4n) is 4.52. The maximum absolute atomic E-state index is 12.8. The van der Waals surface area contributed by atoms with Gasteiger partial charge in [0.05, 0.1) is 18.7 Å². The van der Waals surface area contributed by atoms with Crippen molar-refractivity contribution in [2.75, 3.05) is 0 Å². The molecule has 9 nitrogen and oxygen atoms in total. The monoisotopic (exact) mass is 478 g/mol. The molecule has 1 amide bonds. The van der Waals surface area contributed by atoms with Crippen molar-refractivity contribution in [3.8, 4) is 0 Å². The topological polar surface area (TPSA) is 115 Å². The summed E-state index contributed by atoms with van der Waals surface area (Å²) in [6.07, 6.45) is 4.02. The summed E-state index contributed by atoms with van der Waals surface area (Å²) in [5.41, 5.74) is 2.45. The van der Waals surface area contributed by atoms with Crippen LogP contribution in [0.25, 0.3) is 11.0 Å². The summed E-state index contributed by atoms with van der Waals surface area (Å²) in [6, 6.07) is 6.26. The van der Waals surface area contributed by atoms with Crippen LogP contribution >= 0.6 is 11.6 Å². The normalized spacial score (nSPS) is 18.0. The van der Waals surface area contributed by atoms with Gasteiger partial charge in [-0.3, -0.25) is 14.4 Å². The predicted octanol–water partition coefficient (Wildman–Crippen LogP) is 3.07. The van der Waals surface area contributed by atoms with Crippen molar-refractivity contribution in [1.29, 1.82) is 0 Å². The number of halogens is 1. The van der Waals surface area contributed by atoms with Crippen LogP contribution in [0.15, 0.2) is 62.6 Å². The van der Waals surface area contributed by atoms with Crippen molar-refractivity contribution >= 4 is 40.0 Å². The summed E-state index contributed by atoms with van der Waals surface area (Å²) >= 11 is 5.92. The summed E-state index contributed by atoms with van der Waals surface area (Å²) in [4.78, 5) is 51.6. The van der Waals surface area contributed by atoms with E-state index in [0.29, 0.717) is 28.2 Å². The molecule has 1 saturated heterocycles. The molecule has 5 rings (SSSR count). The average molecular weight is 479 g/mol. The number of likely N-dealkylation sites (tertiary alicyclic amines) is 1. The highest BCUT2D eigenvalue weighted by molar-refractivity contribution is 6.40. The highest BCUT2D eigenvalue weighted by atomic mass is 35.5. The van der Waals surface area contributed by atoms with E-state index < -0.39 is 29.0 Å². The molecule has 3 aromatic rings. The molecular formula is C24H19ClN4O5. The Morgan fingerprint density at radius 1 is 1.21 bits per heavy atom. The number of hydrogen-bond donors (Lipinski definition) is 0. The van der Waals surface area contributed by atoms with Crippen LogP contribution in [0.3, 0.4) is 0 Å². The minimum absolute atomic E-state index is 0.0632. The second-order valence-corrected chi connectivity index (χ2v) is 8.97. The molecule has 2 aromatic heterocycles. The molecular weight excluding hydrogens is 460 g/mol. The van der Waals surface area contributed by atoms with E-state index in [4.69, 9.17) is 16.0 Å². The lowest BCUT2D eigenvalue weighted by Gasteiger charge is -2.23. The van der Waals surface area contributed by atoms with Gasteiger partial charge in [0.15, 0.2) is 5.78 Å².